The number of hydrogen-bond acceptors (Lipinski definition) is 6. The van der Waals surface area contributed by atoms with E-state index < -0.39 is 0 Å². The van der Waals surface area contributed by atoms with E-state index in [1.807, 2.05) is 29.2 Å². The number of benzene rings is 1. The molecule has 9 heteroatoms. The second-order valence-corrected chi connectivity index (χ2v) is 8.79. The summed E-state index contributed by atoms with van der Waals surface area (Å²) in [5.41, 5.74) is 0.895. The van der Waals surface area contributed by atoms with Crippen molar-refractivity contribution in [3.63, 3.8) is 0 Å². The van der Waals surface area contributed by atoms with E-state index in [-0.39, 0.29) is 17.7 Å². The predicted octanol–water partition coefficient (Wildman–Crippen LogP) is 2.45. The van der Waals surface area contributed by atoms with Crippen molar-refractivity contribution in [2.45, 2.75) is 32.2 Å². The van der Waals surface area contributed by atoms with E-state index in [0.717, 1.165) is 42.4 Å². The lowest BCUT2D eigenvalue weighted by molar-refractivity contribution is -0.129. The smallest absolute Gasteiger partial charge is 0.241 e. The van der Waals surface area contributed by atoms with E-state index in [2.05, 4.69) is 36.3 Å². The predicted molar refractivity (Wildman–Crippen MR) is 114 cm³/mol. The fourth-order valence-electron chi connectivity index (χ4n) is 4.07. The Hall–Kier alpha value is -2.26. The minimum Gasteiger partial charge on any atom is -0.354 e. The zero-order valence-electron chi connectivity index (χ0n) is 16.8. The summed E-state index contributed by atoms with van der Waals surface area (Å²) < 4.78 is 6.40. The highest BCUT2D eigenvalue weighted by Crippen LogP contribution is 2.22. The van der Waals surface area contributed by atoms with Crippen LogP contribution in [0, 0.1) is 5.92 Å². The quantitative estimate of drug-likeness (QED) is 0.660. The van der Waals surface area contributed by atoms with Gasteiger partial charge in [-0.15, -0.1) is 0 Å². The molecular formula is C21H26BrN5O3. The monoisotopic (exact) mass is 475 g/mol. The van der Waals surface area contributed by atoms with Gasteiger partial charge in [-0.2, -0.15) is 4.98 Å². The molecule has 1 aromatic carbocycles. The van der Waals surface area contributed by atoms with Gasteiger partial charge in [0.2, 0.25) is 23.5 Å². The molecule has 0 spiro atoms. The van der Waals surface area contributed by atoms with Crippen molar-refractivity contribution < 1.29 is 14.1 Å². The number of hydrogen-bond donors (Lipinski definition) is 1. The van der Waals surface area contributed by atoms with Crippen molar-refractivity contribution in [1.29, 1.82) is 0 Å². The Kier molecular flexibility index (Phi) is 6.79. The summed E-state index contributed by atoms with van der Waals surface area (Å²) >= 11 is 3.45. The molecule has 1 unspecified atom stereocenters. The molecule has 160 valence electrons. The van der Waals surface area contributed by atoms with Gasteiger partial charge in [0.25, 0.3) is 0 Å². The molecule has 1 atom stereocenters. The van der Waals surface area contributed by atoms with Crippen molar-refractivity contribution in [3.8, 4) is 11.4 Å². The van der Waals surface area contributed by atoms with Crippen LogP contribution in [-0.4, -0.2) is 64.5 Å². The number of nitrogens with one attached hydrogen (secondary N) is 1. The SMILES string of the molecule is O=C(NCCN1CCCC1=O)C1CCCN(Cc2nc(-c3cccc(Br)c3)no2)C1. The third kappa shape index (κ3) is 5.26. The van der Waals surface area contributed by atoms with Crippen LogP contribution < -0.4 is 5.32 Å². The maximum absolute atomic E-state index is 12.6. The zero-order chi connectivity index (χ0) is 20.9. The lowest BCUT2D eigenvalue weighted by Crippen LogP contribution is -2.44. The number of carbonyl (C=O) groups is 2. The second kappa shape index (κ2) is 9.70. The van der Waals surface area contributed by atoms with E-state index in [4.69, 9.17) is 4.52 Å². The lowest BCUT2D eigenvalue weighted by atomic mass is 9.97. The number of nitrogens with zero attached hydrogens (tertiary/aromatic N) is 4. The Labute approximate surface area is 184 Å². The first-order valence-electron chi connectivity index (χ1n) is 10.4. The molecule has 3 heterocycles. The number of halogens is 1. The van der Waals surface area contributed by atoms with Crippen molar-refractivity contribution >= 4 is 27.7 Å². The van der Waals surface area contributed by atoms with Gasteiger partial charge in [0.1, 0.15) is 0 Å². The third-order valence-corrected chi connectivity index (χ3v) is 6.13. The molecule has 0 radical (unpaired) electrons. The summed E-state index contributed by atoms with van der Waals surface area (Å²) in [6.45, 7) is 4.02. The van der Waals surface area contributed by atoms with E-state index in [0.29, 0.717) is 44.3 Å². The van der Waals surface area contributed by atoms with Gasteiger partial charge in [-0.3, -0.25) is 14.5 Å². The van der Waals surface area contributed by atoms with Gasteiger partial charge in [-0.25, -0.2) is 0 Å². The summed E-state index contributed by atoms with van der Waals surface area (Å²) in [5.74, 6) is 1.31. The highest BCUT2D eigenvalue weighted by atomic mass is 79.9. The Bertz CT molecular complexity index is 902. The van der Waals surface area contributed by atoms with Crippen LogP contribution in [0.3, 0.4) is 0 Å². The van der Waals surface area contributed by atoms with Crippen molar-refractivity contribution in [2.75, 3.05) is 32.7 Å². The van der Waals surface area contributed by atoms with E-state index in [1.54, 1.807) is 0 Å². The Morgan fingerprint density at radius 3 is 3.00 bits per heavy atom. The number of carbonyl (C=O) groups excluding carboxylic acids is 2. The molecule has 0 saturated carbocycles. The largest absolute Gasteiger partial charge is 0.354 e. The van der Waals surface area contributed by atoms with Crippen molar-refractivity contribution in [1.82, 2.24) is 25.3 Å². The molecule has 1 N–H and O–H groups in total. The van der Waals surface area contributed by atoms with Crippen molar-refractivity contribution in [3.05, 3.63) is 34.6 Å². The first-order valence-corrected chi connectivity index (χ1v) is 11.2. The Balaban J connectivity index is 1.26. The molecule has 2 amide bonds. The Morgan fingerprint density at radius 2 is 2.20 bits per heavy atom. The molecule has 1 aromatic heterocycles. The van der Waals surface area contributed by atoms with Crippen LogP contribution in [0.5, 0.6) is 0 Å². The van der Waals surface area contributed by atoms with Gasteiger partial charge >= 0.3 is 0 Å². The van der Waals surface area contributed by atoms with Crippen LogP contribution in [0.25, 0.3) is 11.4 Å². The molecule has 2 aliphatic heterocycles. The zero-order valence-corrected chi connectivity index (χ0v) is 18.4. The van der Waals surface area contributed by atoms with Gasteiger partial charge in [-0.1, -0.05) is 33.2 Å². The number of rotatable bonds is 7. The molecule has 2 saturated heterocycles. The number of piperidine rings is 1. The molecule has 2 aromatic rings. The number of amides is 2. The van der Waals surface area contributed by atoms with Gasteiger partial charge < -0.3 is 14.7 Å². The minimum absolute atomic E-state index is 0.0551. The molecular weight excluding hydrogens is 450 g/mol. The summed E-state index contributed by atoms with van der Waals surface area (Å²) in [5, 5.41) is 7.09. The normalized spacial score (nSPS) is 20.0. The molecule has 4 rings (SSSR count). The van der Waals surface area contributed by atoms with Crippen LogP contribution in [0.15, 0.2) is 33.3 Å². The molecule has 30 heavy (non-hydrogen) atoms. The fourth-order valence-corrected chi connectivity index (χ4v) is 4.47. The summed E-state index contributed by atoms with van der Waals surface area (Å²) in [4.78, 5) is 32.8. The second-order valence-electron chi connectivity index (χ2n) is 7.87. The van der Waals surface area contributed by atoms with Gasteiger partial charge in [0.15, 0.2) is 0 Å². The van der Waals surface area contributed by atoms with Crippen LogP contribution >= 0.6 is 15.9 Å². The van der Waals surface area contributed by atoms with Gasteiger partial charge in [0.05, 0.1) is 12.5 Å². The van der Waals surface area contributed by atoms with Crippen LogP contribution in [-0.2, 0) is 16.1 Å². The molecule has 0 aliphatic carbocycles. The first kappa shape index (κ1) is 21.0. The molecule has 8 nitrogen and oxygen atoms in total. The molecule has 2 aliphatic rings. The maximum atomic E-state index is 12.6. The summed E-state index contributed by atoms with van der Waals surface area (Å²) in [6.07, 6.45) is 3.38. The topological polar surface area (TPSA) is 91.6 Å². The van der Waals surface area contributed by atoms with E-state index >= 15 is 0 Å². The average Bonchev–Trinajstić information content (AvgIpc) is 3.37. The minimum atomic E-state index is -0.0551. The summed E-state index contributed by atoms with van der Waals surface area (Å²) in [7, 11) is 0. The maximum Gasteiger partial charge on any atom is 0.241 e. The highest BCUT2D eigenvalue weighted by molar-refractivity contribution is 9.10. The first-order chi connectivity index (χ1) is 14.6. The highest BCUT2D eigenvalue weighted by Gasteiger charge is 2.27. The standard InChI is InChI=1S/C21H26BrN5O3/c22-17-6-1-4-15(12-17)20-24-18(30-25-20)14-26-9-2-5-16(13-26)21(29)23-8-11-27-10-3-7-19(27)28/h1,4,6,12,16H,2-3,5,7-11,13-14H2,(H,23,29). The summed E-state index contributed by atoms with van der Waals surface area (Å²) in [6, 6.07) is 7.78. The van der Waals surface area contributed by atoms with Gasteiger partial charge in [-0.05, 0) is 37.9 Å². The fraction of sp³-hybridized carbons (Fsp3) is 0.524. The lowest BCUT2D eigenvalue weighted by Gasteiger charge is -2.31. The Morgan fingerprint density at radius 1 is 1.30 bits per heavy atom. The van der Waals surface area contributed by atoms with Gasteiger partial charge in [0, 0.05) is 42.6 Å². The number of likely N-dealkylation sites (tertiary alicyclic amines) is 2. The van der Waals surface area contributed by atoms with Crippen LogP contribution in [0.1, 0.15) is 31.6 Å². The van der Waals surface area contributed by atoms with E-state index in [9.17, 15) is 9.59 Å². The van der Waals surface area contributed by atoms with Crippen LogP contribution in [0.4, 0.5) is 0 Å². The van der Waals surface area contributed by atoms with E-state index in [1.165, 1.54) is 0 Å². The molecule has 0 bridgehead atoms. The van der Waals surface area contributed by atoms with Crippen molar-refractivity contribution in [2.24, 2.45) is 5.92 Å². The average molecular weight is 476 g/mol. The molecule has 2 fully saturated rings. The number of aromatic nitrogens is 2. The van der Waals surface area contributed by atoms with Crippen LogP contribution in [0.2, 0.25) is 0 Å². The third-order valence-electron chi connectivity index (χ3n) is 5.64.